The van der Waals surface area contributed by atoms with Crippen molar-refractivity contribution in [1.29, 1.82) is 0 Å². The second-order valence-corrected chi connectivity index (χ2v) is 6.49. The average Bonchev–Trinajstić information content (AvgIpc) is 2.44. The average molecular weight is 419 g/mol. The van der Waals surface area contributed by atoms with Crippen molar-refractivity contribution in [2.24, 2.45) is 0 Å². The Hall–Kier alpha value is -0.780. The summed E-state index contributed by atoms with van der Waals surface area (Å²) in [7, 11) is 0. The van der Waals surface area contributed by atoms with Gasteiger partial charge in [0.2, 0.25) is 0 Å². The van der Waals surface area contributed by atoms with Crippen LogP contribution in [0.25, 0.3) is 0 Å². The smallest absolute Gasteiger partial charge is 0.128 e. The zero-order valence-corrected chi connectivity index (χ0v) is 14.6. The Morgan fingerprint density at radius 1 is 1.10 bits per heavy atom. The fraction of sp³-hybridized carbons (Fsp3) is 0.250. The van der Waals surface area contributed by atoms with E-state index in [1.807, 2.05) is 6.92 Å². The maximum atomic E-state index is 14.1. The Labute approximate surface area is 140 Å². The van der Waals surface area contributed by atoms with Gasteiger partial charge >= 0.3 is 0 Å². The van der Waals surface area contributed by atoms with Crippen molar-refractivity contribution in [3.63, 3.8) is 0 Å². The predicted molar refractivity (Wildman–Crippen MR) is 88.3 cm³/mol. The lowest BCUT2D eigenvalue weighted by Crippen LogP contribution is -2.24. The number of likely N-dealkylation sites (N-methyl/N-ethyl adjacent to an activating group) is 1. The molecule has 0 aliphatic heterocycles. The Morgan fingerprint density at radius 2 is 1.86 bits per heavy atom. The molecule has 112 valence electrons. The maximum absolute atomic E-state index is 14.1. The molecule has 0 spiro atoms. The summed E-state index contributed by atoms with van der Waals surface area (Å²) in [6, 6.07) is 9.30. The number of halogens is 4. The third-order valence-corrected chi connectivity index (χ3v) is 4.45. The molecule has 0 radical (unpaired) electrons. The van der Waals surface area contributed by atoms with Crippen LogP contribution in [0.15, 0.2) is 45.3 Å². The van der Waals surface area contributed by atoms with Crippen molar-refractivity contribution in [3.05, 3.63) is 68.1 Å². The van der Waals surface area contributed by atoms with Crippen LogP contribution in [0.4, 0.5) is 8.78 Å². The normalized spacial score (nSPS) is 12.4. The molecule has 0 saturated heterocycles. The molecule has 2 aromatic rings. The van der Waals surface area contributed by atoms with Gasteiger partial charge in [-0.3, -0.25) is 0 Å². The number of rotatable bonds is 5. The fourth-order valence-corrected chi connectivity index (χ4v) is 3.12. The van der Waals surface area contributed by atoms with Crippen LogP contribution in [-0.4, -0.2) is 6.54 Å². The first-order valence-corrected chi connectivity index (χ1v) is 8.22. The second-order valence-electron chi connectivity index (χ2n) is 4.72. The third-order valence-electron chi connectivity index (χ3n) is 3.22. The Kier molecular flexibility index (Phi) is 5.90. The summed E-state index contributed by atoms with van der Waals surface area (Å²) < 4.78 is 28.8. The minimum absolute atomic E-state index is 0.172. The van der Waals surface area contributed by atoms with Gasteiger partial charge in [-0.25, -0.2) is 8.78 Å². The van der Waals surface area contributed by atoms with Crippen LogP contribution >= 0.6 is 31.9 Å². The Morgan fingerprint density at radius 3 is 2.52 bits per heavy atom. The number of hydrogen-bond donors (Lipinski definition) is 1. The van der Waals surface area contributed by atoms with E-state index in [0.29, 0.717) is 16.5 Å². The summed E-state index contributed by atoms with van der Waals surface area (Å²) in [6.07, 6.45) is 0.572. The van der Waals surface area contributed by atoms with E-state index in [-0.39, 0.29) is 17.7 Å². The quantitative estimate of drug-likeness (QED) is 0.686. The van der Waals surface area contributed by atoms with Crippen LogP contribution in [0.2, 0.25) is 0 Å². The molecule has 0 saturated carbocycles. The van der Waals surface area contributed by atoms with Gasteiger partial charge in [0.25, 0.3) is 0 Å². The summed E-state index contributed by atoms with van der Waals surface area (Å²) in [5.41, 5.74) is 1.53. The molecule has 0 aromatic heterocycles. The zero-order valence-electron chi connectivity index (χ0n) is 11.5. The molecular formula is C16H15Br2F2N. The van der Waals surface area contributed by atoms with E-state index >= 15 is 0 Å². The molecule has 1 N–H and O–H groups in total. The molecule has 0 amide bonds. The van der Waals surface area contributed by atoms with Crippen LogP contribution in [0, 0.1) is 11.6 Å². The van der Waals surface area contributed by atoms with Gasteiger partial charge in [-0.15, -0.1) is 0 Å². The molecular weight excluding hydrogens is 404 g/mol. The van der Waals surface area contributed by atoms with Crippen LogP contribution in [0.5, 0.6) is 0 Å². The van der Waals surface area contributed by atoms with Crippen molar-refractivity contribution in [1.82, 2.24) is 5.32 Å². The topological polar surface area (TPSA) is 12.0 Å². The van der Waals surface area contributed by atoms with Gasteiger partial charge in [0.05, 0.1) is 0 Å². The molecule has 1 atom stereocenters. The van der Waals surface area contributed by atoms with E-state index in [1.54, 1.807) is 18.2 Å². The number of benzene rings is 2. The highest BCUT2D eigenvalue weighted by molar-refractivity contribution is 9.10. The van der Waals surface area contributed by atoms with Crippen molar-refractivity contribution >= 4 is 31.9 Å². The lowest BCUT2D eigenvalue weighted by Gasteiger charge is -2.20. The Balaban J connectivity index is 2.32. The van der Waals surface area contributed by atoms with Gasteiger partial charge < -0.3 is 5.32 Å². The van der Waals surface area contributed by atoms with Gasteiger partial charge in [0.1, 0.15) is 11.6 Å². The molecule has 0 aliphatic rings. The number of nitrogens with one attached hydrogen (secondary N) is 1. The van der Waals surface area contributed by atoms with E-state index in [2.05, 4.69) is 37.2 Å². The van der Waals surface area contributed by atoms with E-state index < -0.39 is 0 Å². The molecule has 5 heteroatoms. The van der Waals surface area contributed by atoms with Crippen molar-refractivity contribution in [3.8, 4) is 0 Å². The van der Waals surface area contributed by atoms with Crippen LogP contribution in [-0.2, 0) is 6.42 Å². The summed E-state index contributed by atoms with van der Waals surface area (Å²) in [6.45, 7) is 2.69. The summed E-state index contributed by atoms with van der Waals surface area (Å²) in [4.78, 5) is 0. The molecule has 2 rings (SSSR count). The monoisotopic (exact) mass is 417 g/mol. The molecule has 0 aliphatic carbocycles. The van der Waals surface area contributed by atoms with Crippen LogP contribution in [0.3, 0.4) is 0 Å². The summed E-state index contributed by atoms with van der Waals surface area (Å²) in [5.74, 6) is -0.540. The van der Waals surface area contributed by atoms with Gasteiger partial charge in [-0.05, 0) is 48.9 Å². The highest BCUT2D eigenvalue weighted by Gasteiger charge is 2.17. The van der Waals surface area contributed by atoms with Crippen LogP contribution in [0.1, 0.15) is 24.1 Å². The largest absolute Gasteiger partial charge is 0.310 e. The molecule has 1 nitrogen and oxygen atoms in total. The third kappa shape index (κ3) is 4.34. The van der Waals surface area contributed by atoms with Gasteiger partial charge in [-0.2, -0.15) is 0 Å². The first kappa shape index (κ1) is 16.6. The molecule has 2 aromatic carbocycles. The molecule has 1 unspecified atom stereocenters. The lowest BCUT2D eigenvalue weighted by atomic mass is 9.98. The van der Waals surface area contributed by atoms with Crippen LogP contribution < -0.4 is 5.32 Å². The minimum Gasteiger partial charge on any atom is -0.310 e. The van der Waals surface area contributed by atoms with E-state index in [0.717, 1.165) is 16.6 Å². The fourth-order valence-electron chi connectivity index (χ4n) is 2.23. The highest BCUT2D eigenvalue weighted by atomic mass is 79.9. The van der Waals surface area contributed by atoms with E-state index in [1.165, 1.54) is 18.2 Å². The first-order chi connectivity index (χ1) is 10.0. The maximum Gasteiger partial charge on any atom is 0.128 e. The highest BCUT2D eigenvalue weighted by Crippen LogP contribution is 2.28. The minimum atomic E-state index is -0.292. The van der Waals surface area contributed by atoms with Crippen molar-refractivity contribution in [2.45, 2.75) is 19.4 Å². The van der Waals surface area contributed by atoms with Gasteiger partial charge in [0.15, 0.2) is 0 Å². The predicted octanol–water partition coefficient (Wildman–Crippen LogP) is 5.38. The zero-order chi connectivity index (χ0) is 15.4. The van der Waals surface area contributed by atoms with Gasteiger partial charge in [0, 0.05) is 20.6 Å². The first-order valence-electron chi connectivity index (χ1n) is 6.63. The summed E-state index contributed by atoms with van der Waals surface area (Å²) in [5, 5.41) is 3.28. The Bertz CT molecular complexity index is 632. The van der Waals surface area contributed by atoms with E-state index in [9.17, 15) is 8.78 Å². The molecule has 0 heterocycles. The number of hydrogen-bond acceptors (Lipinski definition) is 1. The SMILES string of the molecule is CCNC(Cc1ccc(F)cc1Br)c1cc(Br)ccc1F. The van der Waals surface area contributed by atoms with E-state index in [4.69, 9.17) is 0 Å². The second kappa shape index (κ2) is 7.47. The lowest BCUT2D eigenvalue weighted by molar-refractivity contribution is 0.508. The van der Waals surface area contributed by atoms with Gasteiger partial charge in [-0.1, -0.05) is 44.8 Å². The van der Waals surface area contributed by atoms with Crippen molar-refractivity contribution < 1.29 is 8.78 Å². The molecule has 0 fully saturated rings. The summed E-state index contributed by atoms with van der Waals surface area (Å²) >= 11 is 6.73. The van der Waals surface area contributed by atoms with Crippen molar-refractivity contribution in [2.75, 3.05) is 6.54 Å². The molecule has 0 bridgehead atoms. The molecule has 21 heavy (non-hydrogen) atoms. The standard InChI is InChI=1S/C16H15Br2F2N/c1-2-21-16(13-8-11(17)4-6-15(13)20)7-10-3-5-12(19)9-14(10)18/h3-6,8-9,16,21H,2,7H2,1H3.